The summed E-state index contributed by atoms with van der Waals surface area (Å²) in [4.78, 5) is 21.5. The third-order valence-electron chi connectivity index (χ3n) is 4.94. The van der Waals surface area contributed by atoms with Crippen molar-refractivity contribution in [2.45, 2.75) is 13.3 Å². The Hall–Kier alpha value is -2.80. The highest BCUT2D eigenvalue weighted by Crippen LogP contribution is 2.26. The lowest BCUT2D eigenvalue weighted by atomic mass is 10.2. The third-order valence-corrected chi connectivity index (χ3v) is 4.94. The maximum atomic E-state index is 12.3. The van der Waals surface area contributed by atoms with Crippen LogP contribution in [0.2, 0.25) is 0 Å². The van der Waals surface area contributed by atoms with E-state index in [0.29, 0.717) is 23.6 Å². The van der Waals surface area contributed by atoms with Crippen LogP contribution in [0.15, 0.2) is 36.5 Å². The number of hydrogen-bond donors (Lipinski definition) is 1. The first kappa shape index (κ1) is 19.9. The van der Waals surface area contributed by atoms with Gasteiger partial charge in [-0.1, -0.05) is 6.07 Å². The van der Waals surface area contributed by atoms with Gasteiger partial charge in [-0.2, -0.15) is 0 Å². The van der Waals surface area contributed by atoms with E-state index in [1.54, 1.807) is 32.4 Å². The molecule has 0 aliphatic carbocycles. The summed E-state index contributed by atoms with van der Waals surface area (Å²) >= 11 is 0. The van der Waals surface area contributed by atoms with Crippen molar-refractivity contribution in [1.82, 2.24) is 9.88 Å². The molecule has 0 unspecified atom stereocenters. The summed E-state index contributed by atoms with van der Waals surface area (Å²) in [7, 11) is 3.18. The maximum absolute atomic E-state index is 12.3. The molecule has 150 valence electrons. The van der Waals surface area contributed by atoms with Crippen LogP contribution in [-0.2, 0) is 4.79 Å². The molecular formula is C21H28N4O3. The maximum Gasteiger partial charge on any atom is 0.225 e. The summed E-state index contributed by atoms with van der Waals surface area (Å²) in [6, 6.07) is 9.40. The van der Waals surface area contributed by atoms with Gasteiger partial charge in [-0.25, -0.2) is 4.98 Å². The Balaban J connectivity index is 1.46. The number of benzene rings is 1. The van der Waals surface area contributed by atoms with Gasteiger partial charge in [0, 0.05) is 69.2 Å². The van der Waals surface area contributed by atoms with E-state index < -0.39 is 0 Å². The highest BCUT2D eigenvalue weighted by atomic mass is 16.5. The van der Waals surface area contributed by atoms with E-state index in [9.17, 15) is 4.79 Å². The molecule has 7 nitrogen and oxygen atoms in total. The van der Waals surface area contributed by atoms with Gasteiger partial charge in [0.1, 0.15) is 17.3 Å². The minimum Gasteiger partial charge on any atom is -0.497 e. The second-order valence-corrected chi connectivity index (χ2v) is 6.87. The number of carbonyl (C=O) groups excluding carboxylic acids is 1. The first-order chi connectivity index (χ1) is 13.6. The predicted molar refractivity (Wildman–Crippen MR) is 110 cm³/mol. The second-order valence-electron chi connectivity index (χ2n) is 6.87. The number of amides is 1. The molecule has 0 bridgehead atoms. The second kappa shape index (κ2) is 9.41. The normalized spacial score (nSPS) is 14.6. The number of nitrogens with one attached hydrogen (secondary N) is 1. The standard InChI is InChI=1S/C21H28N4O3/c1-16-5-4-7-22-21(16)25-11-9-24(10-12-25)8-6-20(26)23-17-13-18(27-2)15-19(14-17)28-3/h4-5,7,13-15H,6,8-12H2,1-3H3,(H,23,26). The zero-order valence-electron chi connectivity index (χ0n) is 16.8. The molecule has 1 aliphatic rings. The highest BCUT2D eigenvalue weighted by molar-refractivity contribution is 5.91. The van der Waals surface area contributed by atoms with Gasteiger partial charge in [0.15, 0.2) is 0 Å². The largest absolute Gasteiger partial charge is 0.497 e. The van der Waals surface area contributed by atoms with E-state index in [0.717, 1.165) is 38.5 Å². The van der Waals surface area contributed by atoms with Crippen molar-refractivity contribution in [2.24, 2.45) is 0 Å². The number of hydrogen-bond acceptors (Lipinski definition) is 6. The smallest absolute Gasteiger partial charge is 0.225 e. The Morgan fingerprint density at radius 3 is 2.39 bits per heavy atom. The first-order valence-electron chi connectivity index (χ1n) is 9.51. The molecule has 1 saturated heterocycles. The molecule has 1 N–H and O–H groups in total. The van der Waals surface area contributed by atoms with Gasteiger partial charge >= 0.3 is 0 Å². The number of carbonyl (C=O) groups is 1. The summed E-state index contributed by atoms with van der Waals surface area (Å²) in [5, 5.41) is 2.93. The van der Waals surface area contributed by atoms with E-state index in [1.165, 1.54) is 5.56 Å². The molecule has 2 heterocycles. The van der Waals surface area contributed by atoms with E-state index in [-0.39, 0.29) is 5.91 Å². The molecule has 1 aliphatic heterocycles. The number of pyridine rings is 1. The molecule has 1 aromatic heterocycles. The Kier molecular flexibility index (Phi) is 6.71. The fraction of sp³-hybridized carbons (Fsp3) is 0.429. The minimum atomic E-state index is -0.0155. The van der Waals surface area contributed by atoms with Gasteiger partial charge in [0.25, 0.3) is 0 Å². The number of methoxy groups -OCH3 is 2. The Labute approximate surface area is 166 Å². The summed E-state index contributed by atoms with van der Waals surface area (Å²) in [5.74, 6) is 2.34. The van der Waals surface area contributed by atoms with Crippen LogP contribution < -0.4 is 19.7 Å². The van der Waals surface area contributed by atoms with Crippen LogP contribution in [-0.4, -0.2) is 62.7 Å². The van der Waals surface area contributed by atoms with Crippen molar-refractivity contribution >= 4 is 17.4 Å². The summed E-state index contributed by atoms with van der Waals surface area (Å²) in [6.07, 6.45) is 2.29. The fourth-order valence-electron chi connectivity index (χ4n) is 3.35. The highest BCUT2D eigenvalue weighted by Gasteiger charge is 2.19. The van der Waals surface area contributed by atoms with E-state index in [1.807, 2.05) is 12.3 Å². The zero-order valence-corrected chi connectivity index (χ0v) is 16.8. The average Bonchev–Trinajstić information content (AvgIpc) is 2.72. The molecule has 28 heavy (non-hydrogen) atoms. The molecule has 0 spiro atoms. The number of ether oxygens (including phenoxy) is 2. The van der Waals surface area contributed by atoms with Crippen molar-refractivity contribution in [2.75, 3.05) is 57.2 Å². The van der Waals surface area contributed by atoms with E-state index in [2.05, 4.69) is 33.1 Å². The Morgan fingerprint density at radius 1 is 1.11 bits per heavy atom. The zero-order chi connectivity index (χ0) is 19.9. The molecule has 2 aromatic rings. The van der Waals surface area contributed by atoms with Crippen LogP contribution in [0.4, 0.5) is 11.5 Å². The molecule has 1 fully saturated rings. The van der Waals surface area contributed by atoms with E-state index >= 15 is 0 Å². The summed E-state index contributed by atoms with van der Waals surface area (Å²) in [6.45, 7) is 6.53. The minimum absolute atomic E-state index is 0.0155. The van der Waals surface area contributed by atoms with Crippen LogP contribution in [0.3, 0.4) is 0 Å². The monoisotopic (exact) mass is 384 g/mol. The average molecular weight is 384 g/mol. The first-order valence-corrected chi connectivity index (χ1v) is 9.51. The van der Waals surface area contributed by atoms with Crippen LogP contribution in [0.25, 0.3) is 0 Å². The van der Waals surface area contributed by atoms with Crippen molar-refractivity contribution in [1.29, 1.82) is 0 Å². The lowest BCUT2D eigenvalue weighted by molar-refractivity contribution is -0.116. The fourth-order valence-corrected chi connectivity index (χ4v) is 3.35. The topological polar surface area (TPSA) is 66.9 Å². The summed E-state index contributed by atoms with van der Waals surface area (Å²) in [5.41, 5.74) is 1.88. The molecule has 0 radical (unpaired) electrons. The van der Waals surface area contributed by atoms with Crippen molar-refractivity contribution < 1.29 is 14.3 Å². The quantitative estimate of drug-likeness (QED) is 0.791. The molecule has 3 rings (SSSR count). The molecular weight excluding hydrogens is 356 g/mol. The number of anilines is 2. The SMILES string of the molecule is COc1cc(NC(=O)CCN2CCN(c3ncccc3C)CC2)cc(OC)c1. The van der Waals surface area contributed by atoms with Gasteiger partial charge in [0.05, 0.1) is 14.2 Å². The van der Waals surface area contributed by atoms with Gasteiger partial charge in [0.2, 0.25) is 5.91 Å². The lowest BCUT2D eigenvalue weighted by Gasteiger charge is -2.35. The number of aromatic nitrogens is 1. The molecule has 7 heteroatoms. The van der Waals surface area contributed by atoms with Crippen LogP contribution in [0, 0.1) is 6.92 Å². The number of aryl methyl sites for hydroxylation is 1. The van der Waals surface area contributed by atoms with Crippen molar-refractivity contribution in [3.05, 3.63) is 42.1 Å². The Morgan fingerprint density at radius 2 is 1.79 bits per heavy atom. The summed E-state index contributed by atoms with van der Waals surface area (Å²) < 4.78 is 10.5. The van der Waals surface area contributed by atoms with Gasteiger partial charge < -0.3 is 19.7 Å². The molecule has 1 amide bonds. The van der Waals surface area contributed by atoms with Crippen LogP contribution in [0.5, 0.6) is 11.5 Å². The van der Waals surface area contributed by atoms with Crippen molar-refractivity contribution in [3.63, 3.8) is 0 Å². The van der Waals surface area contributed by atoms with Crippen molar-refractivity contribution in [3.8, 4) is 11.5 Å². The van der Waals surface area contributed by atoms with E-state index in [4.69, 9.17) is 9.47 Å². The number of nitrogens with zero attached hydrogens (tertiary/aromatic N) is 3. The third kappa shape index (κ3) is 5.13. The number of piperazine rings is 1. The predicted octanol–water partition coefficient (Wildman–Crippen LogP) is 2.56. The number of rotatable bonds is 7. The Bertz CT molecular complexity index is 782. The van der Waals surface area contributed by atoms with Gasteiger partial charge in [-0.3, -0.25) is 9.69 Å². The van der Waals surface area contributed by atoms with Gasteiger partial charge in [-0.15, -0.1) is 0 Å². The van der Waals surface area contributed by atoms with Crippen LogP contribution >= 0.6 is 0 Å². The molecule has 0 atom stereocenters. The molecule has 0 saturated carbocycles. The molecule has 1 aromatic carbocycles. The van der Waals surface area contributed by atoms with Crippen LogP contribution in [0.1, 0.15) is 12.0 Å². The van der Waals surface area contributed by atoms with Gasteiger partial charge in [-0.05, 0) is 18.6 Å². The lowest BCUT2D eigenvalue weighted by Crippen LogP contribution is -2.47.